The number of quaternary nitrogens is 1. The van der Waals surface area contributed by atoms with Crippen LogP contribution in [0.5, 0.6) is 0 Å². The second-order valence-corrected chi connectivity index (χ2v) is 23.7. The van der Waals surface area contributed by atoms with Crippen LogP contribution in [0.1, 0.15) is 278 Å². The number of hydrogen-bond donors (Lipinski definition) is 2. The van der Waals surface area contributed by atoms with Gasteiger partial charge in [-0.25, -0.2) is 4.57 Å². The van der Waals surface area contributed by atoms with Gasteiger partial charge in [-0.3, -0.25) is 18.6 Å². The lowest BCUT2D eigenvalue weighted by atomic mass is 10.0. The van der Waals surface area contributed by atoms with E-state index in [1.54, 1.807) is 0 Å². The number of phosphoric acid groups is 1. The van der Waals surface area contributed by atoms with Crippen LogP contribution in [0.25, 0.3) is 0 Å². The third kappa shape index (κ3) is 56.0. The van der Waals surface area contributed by atoms with Crippen molar-refractivity contribution >= 4 is 19.7 Å². The lowest BCUT2D eigenvalue weighted by molar-refractivity contribution is -0.870. The van der Waals surface area contributed by atoms with E-state index in [9.17, 15) is 19.0 Å². The number of nitrogens with zero attached hydrogens (tertiary/aromatic N) is 1. The second kappa shape index (κ2) is 54.8. The Morgan fingerprint density at radius 1 is 0.480 bits per heavy atom. The van der Waals surface area contributed by atoms with Crippen molar-refractivity contribution in [2.75, 3.05) is 40.9 Å². The topological polar surface area (TPSA) is 111 Å². The number of allylic oxidation sites excluding steroid dienone is 11. The highest BCUT2D eigenvalue weighted by molar-refractivity contribution is 7.47. The molecule has 0 aliphatic carbocycles. The first-order valence-corrected chi connectivity index (χ1v) is 32.8. The number of nitrogens with one attached hydrogen (secondary N) is 1. The Kier molecular flexibility index (Phi) is 52.9. The van der Waals surface area contributed by atoms with Gasteiger partial charge in [0.2, 0.25) is 5.91 Å². The van der Waals surface area contributed by atoms with Crippen molar-refractivity contribution in [1.29, 1.82) is 0 Å². The van der Waals surface area contributed by atoms with Gasteiger partial charge in [-0.05, 0) is 76.7 Å². The Balaban J connectivity index is 5.25. The third-order valence-corrected chi connectivity index (χ3v) is 14.6. The molecule has 0 heterocycles. The van der Waals surface area contributed by atoms with E-state index < -0.39 is 20.0 Å². The van der Waals surface area contributed by atoms with E-state index in [0.29, 0.717) is 23.9 Å². The van der Waals surface area contributed by atoms with Crippen molar-refractivity contribution in [3.8, 4) is 0 Å². The van der Waals surface area contributed by atoms with Crippen molar-refractivity contribution in [3.63, 3.8) is 0 Å². The molecule has 10 heteroatoms. The normalized spacial score (nSPS) is 14.2. The van der Waals surface area contributed by atoms with Gasteiger partial charge >= 0.3 is 13.8 Å². The average Bonchev–Trinajstić information content (AvgIpc) is 3.37. The summed E-state index contributed by atoms with van der Waals surface area (Å²) in [6, 6.07) is -0.866. The molecule has 2 N–H and O–H groups in total. The zero-order chi connectivity index (χ0) is 55.0. The maximum Gasteiger partial charge on any atom is 0.472 e. The number of carbonyl (C=O) groups is 2. The number of hydrogen-bond acceptors (Lipinski definition) is 6. The van der Waals surface area contributed by atoms with Crippen LogP contribution in [0.3, 0.4) is 0 Å². The van der Waals surface area contributed by atoms with Gasteiger partial charge in [-0.1, -0.05) is 261 Å². The van der Waals surface area contributed by atoms with Crippen molar-refractivity contribution < 1.29 is 37.3 Å². The fourth-order valence-corrected chi connectivity index (χ4v) is 9.59. The molecule has 0 rings (SSSR count). The molecule has 0 aromatic carbocycles. The Labute approximate surface area is 463 Å². The zero-order valence-corrected chi connectivity index (χ0v) is 50.7. The van der Waals surface area contributed by atoms with E-state index in [1.165, 1.54) is 148 Å². The van der Waals surface area contributed by atoms with Crippen LogP contribution >= 0.6 is 7.82 Å². The van der Waals surface area contributed by atoms with Crippen LogP contribution in [-0.2, 0) is 27.9 Å². The van der Waals surface area contributed by atoms with E-state index >= 15 is 0 Å². The predicted molar refractivity (Wildman–Crippen MR) is 323 cm³/mol. The standard InChI is InChI=1S/C65H119N2O7P/c1-7-10-13-16-19-22-25-27-29-31-33-35-37-39-42-45-48-51-54-57-64(68)66-62(61-73-75(70,71)72-60-59-67(4,5)6)63(56-53-50-47-44-41-24-21-18-15-12-9-3)74-65(69)58-55-52-49-46-43-40-38-36-34-32-30-28-26-23-20-17-14-11-8-2/h10,13,19,22,27,29,33,35,39,42,53,56,62-63H,7-9,11-12,14-18,20-21,23-26,28,30-32,34,36-38,40-41,43-52,54-55,57-61H2,1-6H3,(H-,66,68,70,71)/p+1/b13-10-,22-19-,29-27-,35-33-,42-39-,56-53+. The van der Waals surface area contributed by atoms with Gasteiger partial charge in [0.1, 0.15) is 19.3 Å². The first-order valence-electron chi connectivity index (χ1n) is 31.3. The van der Waals surface area contributed by atoms with Gasteiger partial charge in [0.05, 0.1) is 33.8 Å². The highest BCUT2D eigenvalue weighted by Crippen LogP contribution is 2.43. The molecule has 0 fully saturated rings. The minimum absolute atomic E-state index is 0.0322. The van der Waals surface area contributed by atoms with Crippen LogP contribution in [0.4, 0.5) is 0 Å². The molecule has 1 amide bonds. The molecule has 75 heavy (non-hydrogen) atoms. The minimum Gasteiger partial charge on any atom is -0.456 e. The summed E-state index contributed by atoms with van der Waals surface area (Å²) in [7, 11) is 1.47. The molecule has 9 nitrogen and oxygen atoms in total. The fourth-order valence-electron chi connectivity index (χ4n) is 8.85. The van der Waals surface area contributed by atoms with Gasteiger partial charge in [0.15, 0.2) is 0 Å². The van der Waals surface area contributed by atoms with Gasteiger partial charge < -0.3 is 19.4 Å². The largest absolute Gasteiger partial charge is 0.472 e. The summed E-state index contributed by atoms with van der Waals surface area (Å²) in [5.74, 6) is -0.537. The summed E-state index contributed by atoms with van der Waals surface area (Å²) >= 11 is 0. The minimum atomic E-state index is -4.46. The summed E-state index contributed by atoms with van der Waals surface area (Å²) in [4.78, 5) is 37.7. The molecule has 0 aromatic heterocycles. The van der Waals surface area contributed by atoms with Crippen molar-refractivity contribution in [2.45, 2.75) is 290 Å². The van der Waals surface area contributed by atoms with Crippen LogP contribution in [0.2, 0.25) is 0 Å². The van der Waals surface area contributed by atoms with Crippen LogP contribution in [-0.4, -0.2) is 74.3 Å². The molecule has 0 spiro atoms. The number of ether oxygens (including phenoxy) is 1. The lowest BCUT2D eigenvalue weighted by Crippen LogP contribution is -2.47. The molecule has 0 saturated heterocycles. The molecule has 0 aromatic rings. The van der Waals surface area contributed by atoms with Gasteiger partial charge in [-0.15, -0.1) is 0 Å². The number of carbonyl (C=O) groups excluding carboxylic acids is 2. The van der Waals surface area contributed by atoms with E-state index in [4.69, 9.17) is 13.8 Å². The number of unbranched alkanes of at least 4 members (excludes halogenated alkanes) is 30. The van der Waals surface area contributed by atoms with E-state index in [1.807, 2.05) is 33.3 Å². The molecular formula is C65H120N2O7P+. The second-order valence-electron chi connectivity index (χ2n) is 22.2. The molecule has 0 radical (unpaired) electrons. The monoisotopic (exact) mass is 1070 g/mol. The van der Waals surface area contributed by atoms with Crippen molar-refractivity contribution in [2.24, 2.45) is 0 Å². The maximum atomic E-state index is 13.5. The smallest absolute Gasteiger partial charge is 0.456 e. The fraction of sp³-hybridized carbons (Fsp3) is 0.785. The molecule has 0 aliphatic heterocycles. The first-order chi connectivity index (χ1) is 36.4. The van der Waals surface area contributed by atoms with E-state index in [-0.39, 0.29) is 31.5 Å². The molecule has 3 atom stereocenters. The summed E-state index contributed by atoms with van der Waals surface area (Å²) in [5.41, 5.74) is 0. The number of phosphoric ester groups is 1. The lowest BCUT2D eigenvalue weighted by Gasteiger charge is -2.27. The van der Waals surface area contributed by atoms with Crippen LogP contribution < -0.4 is 5.32 Å². The number of likely N-dealkylation sites (N-methyl/N-ethyl adjacent to an activating group) is 1. The summed E-state index contributed by atoms with van der Waals surface area (Å²) in [6.07, 6.45) is 70.5. The average molecular weight is 1070 g/mol. The third-order valence-electron chi connectivity index (χ3n) is 13.7. The highest BCUT2D eigenvalue weighted by Gasteiger charge is 2.30. The highest BCUT2D eigenvalue weighted by atomic mass is 31.2. The number of amides is 1. The molecular weight excluding hydrogens is 952 g/mol. The number of rotatable bonds is 56. The predicted octanol–water partition coefficient (Wildman–Crippen LogP) is 19.2. The Morgan fingerprint density at radius 3 is 1.29 bits per heavy atom. The Bertz CT molecular complexity index is 1510. The number of esters is 1. The molecule has 436 valence electrons. The van der Waals surface area contributed by atoms with Crippen LogP contribution in [0, 0.1) is 0 Å². The molecule has 3 unspecified atom stereocenters. The Morgan fingerprint density at radius 2 is 0.853 bits per heavy atom. The zero-order valence-electron chi connectivity index (χ0n) is 49.8. The van der Waals surface area contributed by atoms with Crippen molar-refractivity contribution in [3.05, 3.63) is 72.9 Å². The summed E-state index contributed by atoms with van der Waals surface area (Å²) in [6.45, 7) is 6.88. The summed E-state index contributed by atoms with van der Waals surface area (Å²) < 4.78 is 30.7. The quantitative estimate of drug-likeness (QED) is 0.0205. The van der Waals surface area contributed by atoms with Gasteiger partial charge in [-0.2, -0.15) is 0 Å². The molecule has 0 saturated carbocycles. The Hall–Kier alpha value is -2.55. The maximum absolute atomic E-state index is 13.5. The van der Waals surface area contributed by atoms with Crippen molar-refractivity contribution in [1.82, 2.24) is 5.32 Å². The summed E-state index contributed by atoms with van der Waals surface area (Å²) in [5, 5.41) is 3.04. The van der Waals surface area contributed by atoms with Crippen LogP contribution in [0.15, 0.2) is 72.9 Å². The molecule has 0 aliphatic rings. The van der Waals surface area contributed by atoms with Gasteiger partial charge in [0.25, 0.3) is 0 Å². The van der Waals surface area contributed by atoms with Gasteiger partial charge in [0, 0.05) is 12.8 Å². The van der Waals surface area contributed by atoms with E-state index in [2.05, 4.69) is 86.8 Å². The molecule has 0 bridgehead atoms. The SMILES string of the molecule is CC/C=C\C/C=C\C/C=C\C/C=C\C/C=C\CCCCCC(=O)NC(COP(=O)(O)OCC[N+](C)(C)C)C(/C=C/CCCCCCCCCCC)OC(=O)CCCCCCCCCCCCCCCCCCCCC. The first kappa shape index (κ1) is 72.5. The van der Waals surface area contributed by atoms with E-state index in [0.717, 1.165) is 89.9 Å².